The number of ether oxygens (including phenoxy) is 2. The van der Waals surface area contributed by atoms with E-state index < -0.39 is 6.10 Å². The Hall–Kier alpha value is -1.17. The van der Waals surface area contributed by atoms with E-state index in [1.165, 1.54) is 0 Å². The fraction of sp³-hybridized carbons (Fsp3) is 0.412. The second kappa shape index (κ2) is 8.46. The van der Waals surface area contributed by atoms with Crippen molar-refractivity contribution in [2.24, 2.45) is 0 Å². The van der Waals surface area contributed by atoms with Crippen molar-refractivity contribution >= 4 is 23.2 Å². The van der Waals surface area contributed by atoms with Crippen LogP contribution in [0, 0.1) is 0 Å². The predicted molar refractivity (Wildman–Crippen MR) is 89.6 cm³/mol. The van der Waals surface area contributed by atoms with Crippen molar-refractivity contribution in [2.45, 2.75) is 12.2 Å². The summed E-state index contributed by atoms with van der Waals surface area (Å²) in [6.07, 6.45) is -0.536. The molecular formula is C17H22ClNO3. The van der Waals surface area contributed by atoms with E-state index in [0.717, 1.165) is 36.0 Å². The van der Waals surface area contributed by atoms with Gasteiger partial charge in [-0.25, -0.2) is 0 Å². The van der Waals surface area contributed by atoms with Crippen LogP contribution in [0.15, 0.2) is 42.5 Å². The first kappa shape index (κ1) is 17.2. The zero-order valence-electron chi connectivity index (χ0n) is 12.4. The maximum Gasteiger partial charge on any atom is 0.103 e. The van der Waals surface area contributed by atoms with Crippen LogP contribution in [0.25, 0.3) is 10.8 Å². The number of hydrogen-bond donors (Lipinski definition) is 2. The van der Waals surface area contributed by atoms with Crippen LogP contribution >= 0.6 is 12.4 Å². The van der Waals surface area contributed by atoms with Gasteiger partial charge in [0.1, 0.15) is 6.10 Å². The van der Waals surface area contributed by atoms with Crippen LogP contribution in [0.4, 0.5) is 0 Å². The van der Waals surface area contributed by atoms with Gasteiger partial charge in [-0.15, -0.1) is 12.4 Å². The van der Waals surface area contributed by atoms with Crippen LogP contribution < -0.4 is 5.32 Å². The normalized spacial score (nSPS) is 19.6. The molecule has 0 amide bonds. The second-order valence-corrected chi connectivity index (χ2v) is 5.32. The fourth-order valence-corrected chi connectivity index (χ4v) is 2.67. The molecule has 120 valence electrons. The number of aliphatic hydroxyl groups is 1. The molecular weight excluding hydrogens is 302 g/mol. The molecule has 2 unspecified atom stereocenters. The Labute approximate surface area is 136 Å². The first-order chi connectivity index (χ1) is 10.3. The van der Waals surface area contributed by atoms with E-state index in [0.29, 0.717) is 6.61 Å². The Morgan fingerprint density at radius 1 is 1.23 bits per heavy atom. The van der Waals surface area contributed by atoms with Gasteiger partial charge in [-0.05, 0) is 16.3 Å². The van der Waals surface area contributed by atoms with Crippen LogP contribution in [0.5, 0.6) is 0 Å². The van der Waals surface area contributed by atoms with E-state index in [-0.39, 0.29) is 25.1 Å². The average molecular weight is 324 g/mol. The highest BCUT2D eigenvalue weighted by Gasteiger charge is 2.15. The number of nitrogens with one attached hydrogen (secondary N) is 1. The predicted octanol–water partition coefficient (Wildman–Crippen LogP) is 2.30. The number of hydrogen-bond acceptors (Lipinski definition) is 4. The molecule has 2 N–H and O–H groups in total. The van der Waals surface area contributed by atoms with Crippen molar-refractivity contribution in [2.75, 3.05) is 32.9 Å². The van der Waals surface area contributed by atoms with Crippen LogP contribution in [0.3, 0.4) is 0 Å². The fourth-order valence-electron chi connectivity index (χ4n) is 2.67. The summed E-state index contributed by atoms with van der Waals surface area (Å²) >= 11 is 0. The van der Waals surface area contributed by atoms with Crippen LogP contribution in [0.1, 0.15) is 11.7 Å². The van der Waals surface area contributed by atoms with Gasteiger partial charge in [-0.3, -0.25) is 0 Å². The first-order valence-electron chi connectivity index (χ1n) is 7.40. The summed E-state index contributed by atoms with van der Waals surface area (Å²) in [5.41, 5.74) is 0.913. The highest BCUT2D eigenvalue weighted by molar-refractivity contribution is 5.86. The summed E-state index contributed by atoms with van der Waals surface area (Å²) in [6.45, 7) is 3.22. The number of aliphatic hydroxyl groups excluding tert-OH is 1. The minimum atomic E-state index is -0.618. The van der Waals surface area contributed by atoms with E-state index in [1.807, 2.05) is 42.5 Å². The second-order valence-electron chi connectivity index (χ2n) is 5.32. The number of benzene rings is 2. The summed E-state index contributed by atoms with van der Waals surface area (Å²) < 4.78 is 11.2. The van der Waals surface area contributed by atoms with Crippen molar-refractivity contribution < 1.29 is 14.6 Å². The van der Waals surface area contributed by atoms with Gasteiger partial charge in [0, 0.05) is 13.1 Å². The molecule has 0 aliphatic carbocycles. The minimum Gasteiger partial charge on any atom is -0.386 e. The zero-order chi connectivity index (χ0) is 14.5. The molecule has 3 rings (SSSR count). The van der Waals surface area contributed by atoms with Crippen molar-refractivity contribution in [3.05, 3.63) is 48.0 Å². The lowest BCUT2D eigenvalue weighted by atomic mass is 10.0. The van der Waals surface area contributed by atoms with Gasteiger partial charge < -0.3 is 19.9 Å². The molecule has 2 aromatic rings. The summed E-state index contributed by atoms with van der Waals surface area (Å²) in [7, 11) is 0. The summed E-state index contributed by atoms with van der Waals surface area (Å²) in [5.74, 6) is 0. The molecule has 0 radical (unpaired) electrons. The average Bonchev–Trinajstić information content (AvgIpc) is 2.55. The zero-order valence-corrected chi connectivity index (χ0v) is 13.2. The molecule has 2 atom stereocenters. The molecule has 2 aromatic carbocycles. The Balaban J connectivity index is 0.00000176. The van der Waals surface area contributed by atoms with Gasteiger partial charge in [-0.2, -0.15) is 0 Å². The van der Waals surface area contributed by atoms with Gasteiger partial charge in [-0.1, -0.05) is 42.5 Å². The maximum absolute atomic E-state index is 10.4. The molecule has 0 aromatic heterocycles. The summed E-state index contributed by atoms with van der Waals surface area (Å²) in [5, 5.41) is 15.8. The van der Waals surface area contributed by atoms with E-state index in [4.69, 9.17) is 9.47 Å². The van der Waals surface area contributed by atoms with Gasteiger partial charge in [0.15, 0.2) is 0 Å². The van der Waals surface area contributed by atoms with Gasteiger partial charge in [0.25, 0.3) is 0 Å². The Morgan fingerprint density at radius 3 is 2.86 bits per heavy atom. The lowest BCUT2D eigenvalue weighted by molar-refractivity contribution is -0.0499. The minimum absolute atomic E-state index is 0. The lowest BCUT2D eigenvalue weighted by Crippen LogP contribution is -2.41. The molecule has 0 spiro atoms. The van der Waals surface area contributed by atoms with Crippen molar-refractivity contribution in [3.8, 4) is 0 Å². The molecule has 5 heteroatoms. The molecule has 1 aliphatic heterocycles. The number of morpholine rings is 1. The van der Waals surface area contributed by atoms with Gasteiger partial charge >= 0.3 is 0 Å². The smallest absolute Gasteiger partial charge is 0.103 e. The van der Waals surface area contributed by atoms with Gasteiger partial charge in [0.05, 0.1) is 25.9 Å². The third-order valence-electron chi connectivity index (χ3n) is 3.77. The number of halogens is 1. The Morgan fingerprint density at radius 2 is 2.05 bits per heavy atom. The topological polar surface area (TPSA) is 50.7 Å². The Bertz CT molecular complexity index is 582. The quantitative estimate of drug-likeness (QED) is 0.886. The standard InChI is InChI=1S/C17H21NO3.ClH/c19-17(12-20-11-14-10-18-8-9-21-14)16-7-3-5-13-4-1-2-6-15(13)16;/h1-7,14,17-19H,8-12H2;1H. The number of rotatable bonds is 5. The van der Waals surface area contributed by atoms with Crippen LogP contribution in [0.2, 0.25) is 0 Å². The monoisotopic (exact) mass is 323 g/mol. The highest BCUT2D eigenvalue weighted by Crippen LogP contribution is 2.24. The molecule has 0 bridgehead atoms. The van der Waals surface area contributed by atoms with E-state index in [1.54, 1.807) is 0 Å². The van der Waals surface area contributed by atoms with Gasteiger partial charge in [0.2, 0.25) is 0 Å². The van der Waals surface area contributed by atoms with Crippen molar-refractivity contribution in [3.63, 3.8) is 0 Å². The van der Waals surface area contributed by atoms with E-state index in [9.17, 15) is 5.11 Å². The largest absolute Gasteiger partial charge is 0.386 e. The third kappa shape index (κ3) is 4.18. The molecule has 1 fully saturated rings. The number of fused-ring (bicyclic) bond motifs is 1. The third-order valence-corrected chi connectivity index (χ3v) is 3.77. The van der Waals surface area contributed by atoms with Crippen LogP contribution in [-0.2, 0) is 9.47 Å². The van der Waals surface area contributed by atoms with E-state index in [2.05, 4.69) is 5.32 Å². The molecule has 4 nitrogen and oxygen atoms in total. The molecule has 1 aliphatic rings. The van der Waals surface area contributed by atoms with Crippen molar-refractivity contribution in [1.29, 1.82) is 0 Å². The van der Waals surface area contributed by atoms with E-state index >= 15 is 0 Å². The first-order valence-corrected chi connectivity index (χ1v) is 7.40. The van der Waals surface area contributed by atoms with Crippen molar-refractivity contribution in [1.82, 2.24) is 5.32 Å². The molecule has 1 heterocycles. The SMILES string of the molecule is Cl.OC(COCC1CNCCO1)c1cccc2ccccc12. The molecule has 1 saturated heterocycles. The Kier molecular flexibility index (Phi) is 6.61. The molecule has 22 heavy (non-hydrogen) atoms. The maximum atomic E-state index is 10.4. The summed E-state index contributed by atoms with van der Waals surface area (Å²) in [6, 6.07) is 14.0. The summed E-state index contributed by atoms with van der Waals surface area (Å²) in [4.78, 5) is 0. The lowest BCUT2D eigenvalue weighted by Gasteiger charge is -2.24. The highest BCUT2D eigenvalue weighted by atomic mass is 35.5. The molecule has 0 saturated carbocycles. The van der Waals surface area contributed by atoms with Crippen LogP contribution in [-0.4, -0.2) is 44.1 Å².